The number of aliphatic hydroxyl groups is 1. The fourth-order valence-corrected chi connectivity index (χ4v) is 28.3. The summed E-state index contributed by atoms with van der Waals surface area (Å²) in [6.45, 7) is 6.20. The van der Waals surface area contributed by atoms with Gasteiger partial charge >= 0.3 is 71.1 Å². The molecule has 0 unspecified atom stereocenters. The minimum atomic E-state index is -4.26. The number of hydrogen-bond acceptors (Lipinski definition) is 34. The van der Waals surface area contributed by atoms with Gasteiger partial charge in [0.1, 0.15) is 85.4 Å². The molecule has 0 aliphatic carbocycles. The van der Waals surface area contributed by atoms with E-state index < -0.39 is 107 Å². The Hall–Kier alpha value is -6.51. The van der Waals surface area contributed by atoms with Crippen LogP contribution in [0.4, 0.5) is 39.5 Å². The van der Waals surface area contributed by atoms with Crippen LogP contribution in [0.5, 0.6) is 0 Å². The van der Waals surface area contributed by atoms with Crippen LogP contribution >= 0.6 is 154 Å². The number of carbonyl (C=O) groups excluding carboxylic acids is 1. The fraction of sp³-hybridized carbons (Fsp3) is 0.315. The van der Waals surface area contributed by atoms with Crippen LogP contribution in [-0.4, -0.2) is 168 Å². The van der Waals surface area contributed by atoms with Gasteiger partial charge in [0.15, 0.2) is 49.2 Å². The number of hydrogen-bond donors (Lipinski definition) is 2. The number of aromatic nitrogens is 10. The van der Waals surface area contributed by atoms with E-state index in [1.807, 2.05) is 94.7 Å². The average molecular weight is 2630 g/mol. The maximum atomic E-state index is 13.5. The van der Waals surface area contributed by atoms with Crippen molar-refractivity contribution in [3.8, 4) is 6.07 Å². The molecule has 3 fully saturated rings. The number of nitrogens with one attached hydrogen (secondary N) is 1. The third kappa shape index (κ3) is 40.0. The summed E-state index contributed by atoms with van der Waals surface area (Å²) in [6.07, 6.45) is -5.67. The molecule has 0 saturated carbocycles. The maximum Gasteiger partial charge on any atom is 1.00 e. The number of likely N-dealkylation sites (tertiary alicyclic amines) is 2. The van der Waals surface area contributed by atoms with Crippen LogP contribution in [0, 0.1) is 40.9 Å². The Bertz CT molecular complexity index is 7000. The van der Waals surface area contributed by atoms with Gasteiger partial charge in [-0.05, 0) is 237 Å². The zero-order valence-electron chi connectivity index (χ0n) is 77.8. The zero-order valence-corrected chi connectivity index (χ0v) is 97.4. The Balaban J connectivity index is 0.000000316. The summed E-state index contributed by atoms with van der Waals surface area (Å²) >= 11 is 24.1. The van der Waals surface area contributed by atoms with E-state index in [-0.39, 0.29) is 191 Å². The van der Waals surface area contributed by atoms with E-state index in [1.165, 1.54) is 87.3 Å². The van der Waals surface area contributed by atoms with Crippen LogP contribution < -0.4 is 34.9 Å². The normalized spacial score (nSPS) is 16.5. The summed E-state index contributed by atoms with van der Waals surface area (Å²) < 4.78 is 277. The van der Waals surface area contributed by atoms with Gasteiger partial charge in [0, 0.05) is 84.8 Å². The Kier molecular flexibility index (Phi) is 53.7. The van der Waals surface area contributed by atoms with E-state index in [1.54, 1.807) is 54.6 Å². The van der Waals surface area contributed by atoms with Crippen LogP contribution in [0.1, 0.15) is 138 Å². The number of piperidine rings is 3. The van der Waals surface area contributed by atoms with Gasteiger partial charge < -0.3 is 28.4 Å². The number of alkyl halides is 10. The summed E-state index contributed by atoms with van der Waals surface area (Å²) in [5.41, 5.74) is 5.91. The molecule has 8 heterocycles. The maximum absolute atomic E-state index is 13.5. The first-order chi connectivity index (χ1) is 68.6. The molecule has 0 amide bonds. The molecule has 5 aromatic heterocycles. The van der Waals surface area contributed by atoms with E-state index in [0.717, 1.165) is 85.5 Å². The number of aliphatic hydroxyl groups excluding tert-OH is 1. The molecular weight excluding hydrogens is 2550 g/mol. The number of benzene rings is 8. The Morgan fingerprint density at radius 2 is 0.777 bits per heavy atom. The van der Waals surface area contributed by atoms with Gasteiger partial charge in [0.2, 0.25) is 9.23 Å². The van der Waals surface area contributed by atoms with Gasteiger partial charge in [-0.25, -0.2) is 76.0 Å². The number of halogens is 16. The van der Waals surface area contributed by atoms with Crippen LogP contribution in [0.2, 0.25) is 0 Å². The van der Waals surface area contributed by atoms with Gasteiger partial charge in [-0.1, -0.05) is 163 Å². The van der Waals surface area contributed by atoms with Crippen LogP contribution in [0.15, 0.2) is 256 Å². The Labute approximate surface area is 955 Å². The molecule has 6 atom stereocenters. The fourth-order valence-electron chi connectivity index (χ4n) is 14.6. The summed E-state index contributed by atoms with van der Waals surface area (Å²) in [5, 5.41) is 30.2. The number of sulfone groups is 5. The molecule has 29 nitrogen and oxygen atoms in total. The van der Waals surface area contributed by atoms with Gasteiger partial charge in [0.05, 0.1) is 73.1 Å². The molecule has 2 N–H and O–H groups in total. The minimum absolute atomic E-state index is 0. The Morgan fingerprint density at radius 1 is 0.480 bits per heavy atom. The monoisotopic (exact) mass is 2630 g/mol. The number of rotatable bonds is 25. The quantitative estimate of drug-likeness (QED) is 0.0134. The largest absolute Gasteiger partial charge is 1.00 e. The summed E-state index contributed by atoms with van der Waals surface area (Å²) in [6, 6.07) is 51.3. The standard InChI is InChI=1S/C23H21F3N4O2S2.C22H21BrF3N3O2S2.C12H14F3N.C11H9BrN2O4S2.C10H8BrClN2O2S2.C10H9BrN2O3S2.CN.B.Cl2OS.Cu.Na.H/c24-23(25,26)19-8-9-30(21(11-19)16-4-2-1-3-5-16)13-17-6-7-20(10-18(17)12-27)34(31,32)14-22-28-15-29-33-22;23-19-11-18(33(30,31)13-21-27-14-28-32-21)7-6-16(19)12-29-9-8-17(22(24,25)26)10-20(29)15-4-2-1-3-5-15;13-12(14,15)10-6-7-16-11(8-10)9-4-2-1-3-5-9;1-18-11(15)8-3-2-7(4-9(8)12)20(16,17)5-10-13-6-14-19-10;11-9-3-8(2-1-7(9)4-12)18(15,16)5-10-13-6-14-17-10;11-9-3-8(2-1-7(9)4-14)18(15,16)5-10-12-6-13-17-10;1-2;;1-4(2)3;;;/h1-7,10,15,19,21H,8-9,11,13-14H2;1-7,11,14,17,20H,8-10,12-13H2;1-5,10-11,16H,6-8H2;2-4,6H,5H2,1H3;1-3,6H,4-5H2;1-3,6,14H,4-5H2;;;;;;/q;;;;;;-1;;;2*+1;-1/t19-,21+;17-,20+;10-,11+;;;;;;;;;/m111........./s1. The van der Waals surface area contributed by atoms with Crippen LogP contribution in [0.3, 0.4) is 0 Å². The van der Waals surface area contributed by atoms with Gasteiger partial charge in [-0.15, -0.1) is 11.6 Å². The van der Waals surface area contributed by atoms with Gasteiger partial charge in [0.25, 0.3) is 0 Å². The van der Waals surface area contributed by atoms with Crippen molar-refractivity contribution >= 4 is 227 Å². The van der Waals surface area contributed by atoms with Gasteiger partial charge in [-0.2, -0.15) is 66.6 Å². The molecule has 8 aromatic carbocycles. The smallest absolute Gasteiger partial charge is 1.00 e. The van der Waals surface area contributed by atoms with Crippen molar-refractivity contribution in [3.05, 3.63) is 313 Å². The molecule has 0 bridgehead atoms. The molecule has 3 aliphatic rings. The number of esters is 1. The molecule has 791 valence electrons. The third-order valence-electron chi connectivity index (χ3n) is 21.9. The molecule has 3 radical (unpaired) electrons. The first kappa shape index (κ1) is 130. The van der Waals surface area contributed by atoms with Crippen LogP contribution in [-0.2, 0) is 135 Å². The first-order valence-electron chi connectivity index (χ1n) is 42.0. The number of nitriles is 1. The van der Waals surface area contributed by atoms with Crippen molar-refractivity contribution in [2.75, 3.05) is 26.7 Å². The Morgan fingerprint density at radius 3 is 1.07 bits per heavy atom. The van der Waals surface area contributed by atoms with E-state index in [0.29, 0.717) is 79.6 Å². The third-order valence-corrected chi connectivity index (χ3v) is 37.4. The van der Waals surface area contributed by atoms with Crippen molar-refractivity contribution < 1.29 is 149 Å². The second kappa shape index (κ2) is 61.1. The van der Waals surface area contributed by atoms with Crippen molar-refractivity contribution in [1.29, 1.82) is 10.5 Å². The van der Waals surface area contributed by atoms with Crippen molar-refractivity contribution in [2.45, 2.75) is 154 Å². The van der Waals surface area contributed by atoms with Crippen LogP contribution in [0.25, 0.3) is 0 Å². The number of carbonyl (C=O) groups is 1. The number of methoxy groups -OCH3 is 1. The molecule has 3 aliphatic heterocycles. The minimum Gasteiger partial charge on any atom is -1.00 e. The molecule has 0 spiro atoms. The van der Waals surface area contributed by atoms with Gasteiger partial charge in [-0.3, -0.25) is 9.80 Å². The second-order valence-corrected chi connectivity index (χ2v) is 51.8. The zero-order chi connectivity index (χ0) is 106. The predicted molar refractivity (Wildman–Crippen MR) is 553 cm³/mol. The van der Waals surface area contributed by atoms with Crippen molar-refractivity contribution in [2.24, 2.45) is 17.8 Å². The van der Waals surface area contributed by atoms with Crippen molar-refractivity contribution in [1.82, 2.24) is 61.9 Å². The average Bonchev–Trinajstić information content (AvgIpc) is 1.78. The van der Waals surface area contributed by atoms with E-state index in [2.05, 4.69) is 142 Å². The number of ether oxygens (including phenoxy) is 1. The summed E-state index contributed by atoms with van der Waals surface area (Å²) in [7, 11) is -9.06. The molecule has 16 rings (SSSR count). The summed E-state index contributed by atoms with van der Waals surface area (Å²) in [5.74, 6) is -5.17. The van der Waals surface area contributed by atoms with E-state index in [9.17, 15) is 91.7 Å². The van der Waals surface area contributed by atoms with E-state index >= 15 is 0 Å². The second-order valence-electron chi connectivity index (χ2n) is 31.3. The summed E-state index contributed by atoms with van der Waals surface area (Å²) in [4.78, 5) is 35.5. The molecule has 148 heavy (non-hydrogen) atoms. The molecule has 13 aromatic rings. The molecular formula is C89H83BBr4Cl3CuF9N15NaO14S11. The van der Waals surface area contributed by atoms with Crippen molar-refractivity contribution in [3.63, 3.8) is 0 Å². The van der Waals surface area contributed by atoms with E-state index in [4.69, 9.17) is 32.8 Å². The SMILES string of the molecule is COC(=O)c1ccc(S(=O)(=O)Cc2ncns2)cc1Br.FC(F)(F)[C@@H]1CCN[C@H](c2ccccc2)C1.N#Cc1cc(S(=O)(=O)Cc2ncns2)ccc1CN1CC[C@@H](C(F)(F)F)C[C@H]1c1ccccc1.O=S(=O)(Cc1ncns1)c1ccc(CCl)c(Br)c1.O=S(=O)(Cc1ncns1)c1ccc(CN2CC[C@@H](C(F)(F)F)C[C@H]2c2ccccc2)c(Br)c1.O=S(=O)(Cc1ncns1)c1ccc(CO)c(Br)c1.O=S(Cl)Cl.[B].[C-]#N.[Cu+].[H-].[Na+]. The first-order valence-corrected chi connectivity index (χ1v) is 60.6. The number of nitrogens with zero attached hydrogens (tertiary/aromatic N) is 14. The topological polar surface area (TPSA) is 429 Å². The molecule has 3 saturated heterocycles. The predicted octanol–water partition coefficient (Wildman–Crippen LogP) is 18.7. The molecule has 59 heteroatoms.